The van der Waals surface area contributed by atoms with Gasteiger partial charge in [-0.25, -0.2) is 4.98 Å². The van der Waals surface area contributed by atoms with Crippen molar-refractivity contribution < 1.29 is 36.9 Å². The van der Waals surface area contributed by atoms with E-state index in [1.807, 2.05) is 91.0 Å². The quantitative estimate of drug-likeness (QED) is 0.185. The molecule has 4 atom stereocenters. The highest BCUT2D eigenvalue weighted by molar-refractivity contribution is 5.96. The maximum atomic E-state index is 13.7. The number of aromatic nitrogens is 2. The molecule has 5 rings (SSSR count). The van der Waals surface area contributed by atoms with Gasteiger partial charge in [-0.05, 0) is 16.7 Å². The van der Waals surface area contributed by atoms with E-state index in [2.05, 4.69) is 9.97 Å². The Kier molecular flexibility index (Phi) is 10.3. The molecule has 2 heterocycles. The second-order valence-electron chi connectivity index (χ2n) is 10.2. The van der Waals surface area contributed by atoms with Gasteiger partial charge in [-0.2, -0.15) is 13.2 Å². The second kappa shape index (κ2) is 14.5. The lowest BCUT2D eigenvalue weighted by atomic mass is 9.87. The van der Waals surface area contributed by atoms with Gasteiger partial charge in [0, 0.05) is 0 Å². The molecule has 43 heavy (non-hydrogen) atoms. The number of halogens is 3. The molecule has 0 bridgehead atoms. The number of nitrogens with zero attached hydrogens (tertiary/aromatic N) is 2. The van der Waals surface area contributed by atoms with Crippen molar-refractivity contribution >= 4 is 5.78 Å². The van der Waals surface area contributed by atoms with Crippen LogP contribution in [0.4, 0.5) is 13.2 Å². The number of ketones is 1. The van der Waals surface area contributed by atoms with E-state index >= 15 is 0 Å². The van der Waals surface area contributed by atoms with Crippen LogP contribution >= 0.6 is 0 Å². The van der Waals surface area contributed by atoms with Crippen LogP contribution in [0.3, 0.4) is 0 Å². The summed E-state index contributed by atoms with van der Waals surface area (Å²) in [5.41, 5.74) is 1.06. The van der Waals surface area contributed by atoms with Crippen molar-refractivity contribution in [3.05, 3.63) is 131 Å². The molecule has 3 aromatic carbocycles. The minimum absolute atomic E-state index is 0.124. The topological polar surface area (TPSA) is 79.8 Å². The molecule has 224 valence electrons. The molecule has 1 unspecified atom stereocenters. The SMILES string of the molecule is O=C(c1cncc(C(F)(F)F)n1)C1CO[C@H](COCc2ccccc2)[C@H](OCc2ccccc2)[C@@H]1OCc1ccccc1. The first-order valence-corrected chi connectivity index (χ1v) is 13.9. The molecule has 0 N–H and O–H groups in total. The standard InChI is InChI=1S/C33H31F3N2O5/c34-33(35,36)29-17-37-16-27(38-29)30(39)26-21-41-28(22-40-18-23-10-4-1-5-11-23)32(43-20-25-14-8-3-9-15-25)31(26)42-19-24-12-6-2-7-13-24/h1-17,26,28,31-32H,18-22H2/t26?,28-,31-,32+/m1/s1. The number of Topliss-reactive ketones (excluding diaryl/α,β-unsaturated/α-hetero) is 1. The summed E-state index contributed by atoms with van der Waals surface area (Å²) in [5.74, 6) is -1.68. The van der Waals surface area contributed by atoms with Gasteiger partial charge in [0.25, 0.3) is 0 Å². The fraction of sp³-hybridized carbons (Fsp3) is 0.303. The summed E-state index contributed by atoms with van der Waals surface area (Å²) in [6, 6.07) is 28.5. The first-order valence-electron chi connectivity index (χ1n) is 13.9. The van der Waals surface area contributed by atoms with Crippen LogP contribution in [-0.4, -0.2) is 47.3 Å². The highest BCUT2D eigenvalue weighted by Crippen LogP contribution is 2.32. The van der Waals surface area contributed by atoms with Crippen LogP contribution in [-0.2, 0) is 44.9 Å². The maximum Gasteiger partial charge on any atom is 0.434 e. The van der Waals surface area contributed by atoms with E-state index in [4.69, 9.17) is 18.9 Å². The molecule has 0 amide bonds. The van der Waals surface area contributed by atoms with Gasteiger partial charge in [-0.15, -0.1) is 0 Å². The van der Waals surface area contributed by atoms with E-state index in [1.54, 1.807) is 0 Å². The smallest absolute Gasteiger partial charge is 0.374 e. The van der Waals surface area contributed by atoms with E-state index in [9.17, 15) is 18.0 Å². The average molecular weight is 593 g/mol. The lowest BCUT2D eigenvalue weighted by Gasteiger charge is -2.41. The van der Waals surface area contributed by atoms with Gasteiger partial charge in [-0.1, -0.05) is 91.0 Å². The summed E-state index contributed by atoms with van der Waals surface area (Å²) in [5, 5.41) is 0. The highest BCUT2D eigenvalue weighted by atomic mass is 19.4. The van der Waals surface area contributed by atoms with Crippen molar-refractivity contribution in [2.45, 2.75) is 44.3 Å². The number of rotatable bonds is 12. The lowest BCUT2D eigenvalue weighted by Crippen LogP contribution is -2.56. The van der Waals surface area contributed by atoms with Crippen LogP contribution in [0.5, 0.6) is 0 Å². The average Bonchev–Trinajstić information content (AvgIpc) is 3.04. The van der Waals surface area contributed by atoms with Gasteiger partial charge in [0.1, 0.15) is 17.9 Å². The Morgan fingerprint density at radius 3 is 1.86 bits per heavy atom. The third-order valence-electron chi connectivity index (χ3n) is 7.06. The van der Waals surface area contributed by atoms with Crippen molar-refractivity contribution in [1.82, 2.24) is 9.97 Å². The summed E-state index contributed by atoms with van der Waals surface area (Å²) in [6.07, 6.45) is -5.43. The fourth-order valence-corrected chi connectivity index (χ4v) is 4.85. The summed E-state index contributed by atoms with van der Waals surface area (Å²) >= 11 is 0. The number of alkyl halides is 3. The van der Waals surface area contributed by atoms with Crippen molar-refractivity contribution in [2.75, 3.05) is 13.2 Å². The molecule has 1 aliphatic rings. The van der Waals surface area contributed by atoms with Crippen LogP contribution in [0.15, 0.2) is 103 Å². The van der Waals surface area contributed by atoms with Crippen molar-refractivity contribution in [3.8, 4) is 0 Å². The number of benzene rings is 3. The minimum Gasteiger partial charge on any atom is -0.374 e. The lowest BCUT2D eigenvalue weighted by molar-refractivity contribution is -0.211. The van der Waals surface area contributed by atoms with E-state index in [-0.39, 0.29) is 26.4 Å². The van der Waals surface area contributed by atoms with E-state index in [0.717, 1.165) is 22.9 Å². The molecule has 0 spiro atoms. The minimum atomic E-state index is -4.75. The summed E-state index contributed by atoms with van der Waals surface area (Å²) < 4.78 is 65.0. The molecule has 4 aromatic rings. The van der Waals surface area contributed by atoms with Crippen LogP contribution < -0.4 is 0 Å². The molecule has 0 radical (unpaired) electrons. The van der Waals surface area contributed by atoms with Gasteiger partial charge >= 0.3 is 6.18 Å². The molecule has 1 fully saturated rings. The molecule has 1 aromatic heterocycles. The van der Waals surface area contributed by atoms with Crippen LogP contribution in [0, 0.1) is 5.92 Å². The zero-order valence-electron chi connectivity index (χ0n) is 23.2. The number of carbonyl (C=O) groups excluding carboxylic acids is 1. The Labute approximate surface area is 247 Å². The van der Waals surface area contributed by atoms with Crippen LogP contribution in [0.2, 0.25) is 0 Å². The van der Waals surface area contributed by atoms with Gasteiger partial charge in [-0.3, -0.25) is 9.78 Å². The monoisotopic (exact) mass is 592 g/mol. The largest absolute Gasteiger partial charge is 0.434 e. The predicted molar refractivity (Wildman–Crippen MR) is 151 cm³/mol. The Balaban J connectivity index is 1.42. The van der Waals surface area contributed by atoms with Crippen LogP contribution in [0.1, 0.15) is 32.9 Å². The van der Waals surface area contributed by atoms with Crippen molar-refractivity contribution in [1.29, 1.82) is 0 Å². The van der Waals surface area contributed by atoms with Gasteiger partial charge in [0.2, 0.25) is 0 Å². The summed E-state index contributed by atoms with van der Waals surface area (Å²) in [4.78, 5) is 20.9. The molecule has 7 nitrogen and oxygen atoms in total. The first kappa shape index (κ1) is 30.5. The molecular formula is C33H31F3N2O5. The molecule has 1 saturated heterocycles. The first-order chi connectivity index (χ1) is 20.9. The molecular weight excluding hydrogens is 561 g/mol. The van der Waals surface area contributed by atoms with Gasteiger partial charge in [0.05, 0.1) is 57.4 Å². The third-order valence-corrected chi connectivity index (χ3v) is 7.06. The Bertz CT molecular complexity index is 1440. The van der Waals surface area contributed by atoms with E-state index in [0.29, 0.717) is 12.8 Å². The maximum absolute atomic E-state index is 13.7. The molecule has 10 heteroatoms. The van der Waals surface area contributed by atoms with E-state index < -0.39 is 47.6 Å². The second-order valence-corrected chi connectivity index (χ2v) is 10.2. The number of carbonyl (C=O) groups is 1. The fourth-order valence-electron chi connectivity index (χ4n) is 4.85. The zero-order chi connectivity index (χ0) is 30.1. The molecule has 1 aliphatic heterocycles. The van der Waals surface area contributed by atoms with Crippen molar-refractivity contribution in [3.63, 3.8) is 0 Å². The Hall–Kier alpha value is -3.96. The molecule has 0 saturated carbocycles. The summed E-state index contributed by atoms with van der Waals surface area (Å²) in [7, 11) is 0. The Morgan fingerprint density at radius 2 is 1.30 bits per heavy atom. The number of hydrogen-bond acceptors (Lipinski definition) is 7. The number of ether oxygens (including phenoxy) is 4. The number of hydrogen-bond donors (Lipinski definition) is 0. The third kappa shape index (κ3) is 8.32. The van der Waals surface area contributed by atoms with Crippen molar-refractivity contribution in [2.24, 2.45) is 5.92 Å². The van der Waals surface area contributed by atoms with E-state index in [1.165, 1.54) is 0 Å². The highest BCUT2D eigenvalue weighted by Gasteiger charge is 2.46. The predicted octanol–water partition coefficient (Wildman–Crippen LogP) is 6.08. The Morgan fingerprint density at radius 1 is 0.767 bits per heavy atom. The normalized spacial score (nSPS) is 20.5. The van der Waals surface area contributed by atoms with Gasteiger partial charge in [0.15, 0.2) is 11.5 Å². The molecule has 0 aliphatic carbocycles. The van der Waals surface area contributed by atoms with Gasteiger partial charge < -0.3 is 18.9 Å². The van der Waals surface area contributed by atoms with Crippen LogP contribution in [0.25, 0.3) is 0 Å². The summed E-state index contributed by atoms with van der Waals surface area (Å²) in [6.45, 7) is 0.695. The zero-order valence-corrected chi connectivity index (χ0v) is 23.2.